The fourth-order valence-corrected chi connectivity index (χ4v) is 3.61. The molecule has 2 aromatic rings. The molecule has 0 radical (unpaired) electrons. The Balaban J connectivity index is 1.71. The van der Waals surface area contributed by atoms with E-state index in [1.54, 1.807) is 20.8 Å². The highest BCUT2D eigenvalue weighted by Gasteiger charge is 2.36. The van der Waals surface area contributed by atoms with Crippen molar-refractivity contribution in [3.63, 3.8) is 0 Å². The van der Waals surface area contributed by atoms with Crippen molar-refractivity contribution in [1.29, 1.82) is 0 Å². The van der Waals surface area contributed by atoms with E-state index in [1.165, 1.54) is 29.2 Å². The van der Waals surface area contributed by atoms with Crippen molar-refractivity contribution in [2.75, 3.05) is 6.54 Å². The van der Waals surface area contributed by atoms with Gasteiger partial charge in [0.15, 0.2) is 0 Å². The van der Waals surface area contributed by atoms with Crippen molar-refractivity contribution in [1.82, 2.24) is 10.2 Å². The Morgan fingerprint density at radius 3 is 2.25 bits per heavy atom. The van der Waals surface area contributed by atoms with Crippen LogP contribution in [0, 0.1) is 0 Å². The molecule has 170 valence electrons. The van der Waals surface area contributed by atoms with Crippen LogP contribution in [0.5, 0.6) is 0 Å². The summed E-state index contributed by atoms with van der Waals surface area (Å²) in [4.78, 5) is 37.7. The summed E-state index contributed by atoms with van der Waals surface area (Å²) in [6.45, 7) is 5.57. The van der Waals surface area contributed by atoms with E-state index in [0.717, 1.165) is 11.1 Å². The van der Waals surface area contributed by atoms with Gasteiger partial charge in [-0.1, -0.05) is 24.3 Å². The first-order valence-electron chi connectivity index (χ1n) is 10.4. The summed E-state index contributed by atoms with van der Waals surface area (Å²) >= 11 is 0. The number of carbonyl (C=O) groups is 3. The molecule has 3 N–H and O–H groups in total. The standard InChI is InChI=1S/C24H28N2O6/c1-24(2,3)32-23(31)26-14-18-7-5-4-6-17(18)12-19(26)20(27)13-25-21(28)15-8-10-16(11-9-15)22(29)30/h4-11,19-20,27H,12-14H2,1-3H3,(H,25,28)(H,29,30)/t19-,20+/m0/s1. The molecule has 0 bridgehead atoms. The molecule has 1 aliphatic heterocycles. The van der Waals surface area contributed by atoms with E-state index in [2.05, 4.69) is 5.32 Å². The molecule has 0 unspecified atom stereocenters. The molecular weight excluding hydrogens is 412 g/mol. The van der Waals surface area contributed by atoms with Gasteiger partial charge in [0.2, 0.25) is 0 Å². The van der Waals surface area contributed by atoms with Crippen molar-refractivity contribution in [2.24, 2.45) is 0 Å². The molecule has 8 nitrogen and oxygen atoms in total. The van der Waals surface area contributed by atoms with Gasteiger partial charge in [0, 0.05) is 18.7 Å². The first-order valence-corrected chi connectivity index (χ1v) is 10.4. The lowest BCUT2D eigenvalue weighted by Crippen LogP contribution is -2.54. The van der Waals surface area contributed by atoms with E-state index < -0.39 is 35.7 Å². The van der Waals surface area contributed by atoms with Gasteiger partial charge < -0.3 is 20.3 Å². The fraction of sp³-hybridized carbons (Fsp3) is 0.375. The zero-order valence-electron chi connectivity index (χ0n) is 18.4. The van der Waals surface area contributed by atoms with Crippen LogP contribution >= 0.6 is 0 Å². The second kappa shape index (κ2) is 9.40. The maximum absolute atomic E-state index is 12.8. The van der Waals surface area contributed by atoms with Crippen molar-refractivity contribution < 1.29 is 29.3 Å². The Hall–Kier alpha value is -3.39. The highest BCUT2D eigenvalue weighted by molar-refractivity contribution is 5.95. The van der Waals surface area contributed by atoms with Gasteiger partial charge in [0.25, 0.3) is 5.91 Å². The molecule has 2 atom stereocenters. The van der Waals surface area contributed by atoms with E-state index in [-0.39, 0.29) is 17.7 Å². The summed E-state index contributed by atoms with van der Waals surface area (Å²) in [6, 6.07) is 12.7. The van der Waals surface area contributed by atoms with E-state index in [4.69, 9.17) is 9.84 Å². The number of aromatic carboxylic acids is 1. The number of benzene rings is 2. The molecule has 0 aromatic heterocycles. The number of amides is 2. The number of aliphatic hydroxyl groups excluding tert-OH is 1. The summed E-state index contributed by atoms with van der Waals surface area (Å²) < 4.78 is 5.54. The Morgan fingerprint density at radius 2 is 1.66 bits per heavy atom. The largest absolute Gasteiger partial charge is 0.478 e. The maximum Gasteiger partial charge on any atom is 0.410 e. The summed E-state index contributed by atoms with van der Waals surface area (Å²) in [5.41, 5.74) is 1.70. The third-order valence-electron chi connectivity index (χ3n) is 5.23. The zero-order chi connectivity index (χ0) is 23.5. The van der Waals surface area contributed by atoms with Gasteiger partial charge in [-0.3, -0.25) is 9.69 Å². The fourth-order valence-electron chi connectivity index (χ4n) is 3.61. The number of carboxylic acids is 1. The first-order chi connectivity index (χ1) is 15.0. The topological polar surface area (TPSA) is 116 Å². The Labute approximate surface area is 186 Å². The third kappa shape index (κ3) is 5.64. The summed E-state index contributed by atoms with van der Waals surface area (Å²) in [5, 5.41) is 22.5. The van der Waals surface area contributed by atoms with Gasteiger partial charge in [-0.15, -0.1) is 0 Å². The summed E-state index contributed by atoms with van der Waals surface area (Å²) in [5.74, 6) is -1.52. The lowest BCUT2D eigenvalue weighted by molar-refractivity contribution is -0.0113. The molecule has 0 saturated carbocycles. The van der Waals surface area contributed by atoms with Crippen LogP contribution in [-0.2, 0) is 17.7 Å². The minimum absolute atomic E-state index is 0.0777. The number of nitrogens with one attached hydrogen (secondary N) is 1. The quantitative estimate of drug-likeness (QED) is 0.658. The van der Waals surface area contributed by atoms with E-state index in [1.807, 2.05) is 24.3 Å². The smallest absolute Gasteiger partial charge is 0.410 e. The summed E-state index contributed by atoms with van der Waals surface area (Å²) in [6.07, 6.45) is -1.12. The van der Waals surface area contributed by atoms with Crippen LogP contribution in [0.1, 0.15) is 52.6 Å². The number of carbonyl (C=O) groups excluding carboxylic acids is 2. The molecule has 2 aromatic carbocycles. The Bertz CT molecular complexity index is 996. The van der Waals surface area contributed by atoms with Crippen LogP contribution in [0.4, 0.5) is 4.79 Å². The Kier molecular flexibility index (Phi) is 6.84. The highest BCUT2D eigenvalue weighted by atomic mass is 16.6. The SMILES string of the molecule is CC(C)(C)OC(=O)N1Cc2ccccc2C[C@H]1[C@H](O)CNC(=O)c1ccc(C(=O)O)cc1. The lowest BCUT2D eigenvalue weighted by Gasteiger charge is -2.40. The van der Waals surface area contributed by atoms with Crippen LogP contribution in [-0.4, -0.2) is 57.4 Å². The number of hydrogen-bond acceptors (Lipinski definition) is 5. The van der Waals surface area contributed by atoms with Gasteiger partial charge in [0.05, 0.1) is 17.7 Å². The lowest BCUT2D eigenvalue weighted by atomic mass is 9.91. The van der Waals surface area contributed by atoms with Crippen LogP contribution in [0.2, 0.25) is 0 Å². The molecule has 0 aliphatic carbocycles. The Morgan fingerprint density at radius 1 is 1.06 bits per heavy atom. The molecule has 1 heterocycles. The molecule has 32 heavy (non-hydrogen) atoms. The predicted molar refractivity (Wildman–Crippen MR) is 117 cm³/mol. The molecule has 1 aliphatic rings. The first kappa shape index (κ1) is 23.3. The van der Waals surface area contributed by atoms with Crippen LogP contribution in [0.3, 0.4) is 0 Å². The molecule has 0 fully saturated rings. The molecular formula is C24H28N2O6. The number of nitrogens with zero attached hydrogens (tertiary/aromatic N) is 1. The van der Waals surface area contributed by atoms with E-state index in [0.29, 0.717) is 13.0 Å². The van der Waals surface area contributed by atoms with Gasteiger partial charge in [0.1, 0.15) is 5.60 Å². The highest BCUT2D eigenvalue weighted by Crippen LogP contribution is 2.27. The van der Waals surface area contributed by atoms with Crippen LogP contribution in [0.15, 0.2) is 48.5 Å². The van der Waals surface area contributed by atoms with Gasteiger partial charge >= 0.3 is 12.1 Å². The third-order valence-corrected chi connectivity index (χ3v) is 5.23. The number of carboxylic acid groups (broad SMARTS) is 1. The van der Waals surface area contributed by atoms with E-state index >= 15 is 0 Å². The van der Waals surface area contributed by atoms with Crippen molar-refractivity contribution in [3.8, 4) is 0 Å². The minimum atomic E-state index is -1.08. The molecule has 2 amide bonds. The zero-order valence-corrected chi connectivity index (χ0v) is 18.4. The van der Waals surface area contributed by atoms with E-state index in [9.17, 15) is 19.5 Å². The van der Waals surface area contributed by atoms with Gasteiger partial charge in [-0.2, -0.15) is 0 Å². The van der Waals surface area contributed by atoms with Gasteiger partial charge in [-0.05, 0) is 62.6 Å². The number of ether oxygens (including phenoxy) is 1. The monoisotopic (exact) mass is 440 g/mol. The van der Waals surface area contributed by atoms with Crippen LogP contribution in [0.25, 0.3) is 0 Å². The second-order valence-electron chi connectivity index (χ2n) is 8.81. The molecule has 0 spiro atoms. The molecule has 0 saturated heterocycles. The predicted octanol–water partition coefficient (Wildman–Crippen LogP) is 2.84. The average Bonchev–Trinajstić information content (AvgIpc) is 2.75. The van der Waals surface area contributed by atoms with Crippen molar-refractivity contribution in [2.45, 2.75) is 51.5 Å². The number of fused-ring (bicyclic) bond motifs is 1. The molecule has 3 rings (SSSR count). The van der Waals surface area contributed by atoms with Crippen LogP contribution < -0.4 is 5.32 Å². The summed E-state index contributed by atoms with van der Waals surface area (Å²) in [7, 11) is 0. The van der Waals surface area contributed by atoms with Crippen molar-refractivity contribution >= 4 is 18.0 Å². The average molecular weight is 440 g/mol. The number of hydrogen-bond donors (Lipinski definition) is 3. The number of rotatable bonds is 5. The normalized spacial score (nSPS) is 16.6. The second-order valence-corrected chi connectivity index (χ2v) is 8.81. The maximum atomic E-state index is 12.8. The molecule has 8 heteroatoms. The van der Waals surface area contributed by atoms with Gasteiger partial charge in [-0.25, -0.2) is 9.59 Å². The minimum Gasteiger partial charge on any atom is -0.478 e. The number of aliphatic hydroxyl groups is 1. The van der Waals surface area contributed by atoms with Crippen molar-refractivity contribution in [3.05, 3.63) is 70.8 Å².